The zero-order valence-corrected chi connectivity index (χ0v) is 15.9. The van der Waals surface area contributed by atoms with Gasteiger partial charge in [-0.1, -0.05) is 30.3 Å². The maximum absolute atomic E-state index is 13.6. The van der Waals surface area contributed by atoms with E-state index >= 15 is 0 Å². The molecule has 2 heterocycles. The normalized spacial score (nSPS) is 18.3. The largest absolute Gasteiger partial charge is 0.342 e. The Labute approximate surface area is 156 Å². The summed E-state index contributed by atoms with van der Waals surface area (Å²) in [6.45, 7) is 3.96. The van der Waals surface area contributed by atoms with Crippen molar-refractivity contribution >= 4 is 5.91 Å². The molecular formula is C21H28N4O. The van der Waals surface area contributed by atoms with Gasteiger partial charge in [0.1, 0.15) is 0 Å². The number of amides is 1. The Balaban J connectivity index is 1.83. The summed E-state index contributed by atoms with van der Waals surface area (Å²) in [4.78, 5) is 26.3. The van der Waals surface area contributed by atoms with E-state index in [1.54, 1.807) is 18.6 Å². The average molecular weight is 352 g/mol. The molecule has 1 saturated heterocycles. The molecule has 3 rings (SSSR count). The predicted octanol–water partition coefficient (Wildman–Crippen LogP) is 2.53. The molecule has 5 nitrogen and oxygen atoms in total. The van der Waals surface area contributed by atoms with Crippen LogP contribution < -0.4 is 0 Å². The highest BCUT2D eigenvalue weighted by molar-refractivity contribution is 5.88. The van der Waals surface area contributed by atoms with Gasteiger partial charge in [-0.3, -0.25) is 14.8 Å². The molecule has 1 aliphatic rings. The first-order chi connectivity index (χ1) is 12.5. The first-order valence-electron chi connectivity index (χ1n) is 9.29. The molecule has 26 heavy (non-hydrogen) atoms. The molecule has 0 unspecified atom stereocenters. The molecule has 1 amide bonds. The fraction of sp³-hybridized carbons (Fsp3) is 0.476. The first kappa shape index (κ1) is 18.5. The van der Waals surface area contributed by atoms with Gasteiger partial charge in [0.2, 0.25) is 5.91 Å². The predicted molar refractivity (Wildman–Crippen MR) is 103 cm³/mol. The van der Waals surface area contributed by atoms with Crippen LogP contribution in [0.25, 0.3) is 0 Å². The molecule has 0 radical (unpaired) electrons. The summed E-state index contributed by atoms with van der Waals surface area (Å²) in [7, 11) is 4.05. The second-order valence-corrected chi connectivity index (χ2v) is 7.42. The molecule has 5 heteroatoms. The van der Waals surface area contributed by atoms with E-state index in [0.717, 1.165) is 37.2 Å². The highest BCUT2D eigenvalue weighted by Crippen LogP contribution is 2.37. The number of hydrogen-bond acceptors (Lipinski definition) is 4. The summed E-state index contributed by atoms with van der Waals surface area (Å²) < 4.78 is 0. The summed E-state index contributed by atoms with van der Waals surface area (Å²) >= 11 is 0. The second kappa shape index (κ2) is 7.96. The molecule has 0 saturated carbocycles. The highest BCUT2D eigenvalue weighted by atomic mass is 16.2. The molecule has 0 aliphatic carbocycles. The number of piperidine rings is 1. The van der Waals surface area contributed by atoms with Gasteiger partial charge in [-0.2, -0.15) is 0 Å². The lowest BCUT2D eigenvalue weighted by Gasteiger charge is -2.43. The Morgan fingerprint density at radius 3 is 2.54 bits per heavy atom. The van der Waals surface area contributed by atoms with Crippen LogP contribution in [0.1, 0.15) is 31.0 Å². The lowest BCUT2D eigenvalue weighted by Crippen LogP contribution is -2.53. The van der Waals surface area contributed by atoms with Crippen molar-refractivity contribution in [2.24, 2.45) is 0 Å². The minimum absolute atomic E-state index is 0.0689. The minimum Gasteiger partial charge on any atom is -0.342 e. The minimum atomic E-state index is -0.431. The van der Waals surface area contributed by atoms with Crippen molar-refractivity contribution in [1.82, 2.24) is 19.8 Å². The summed E-state index contributed by atoms with van der Waals surface area (Å²) in [6, 6.07) is 10.3. The Bertz CT molecular complexity index is 711. The third-order valence-electron chi connectivity index (χ3n) is 5.68. The van der Waals surface area contributed by atoms with E-state index in [9.17, 15) is 4.79 Å². The molecule has 1 aromatic carbocycles. The van der Waals surface area contributed by atoms with Crippen LogP contribution in [0.15, 0.2) is 48.9 Å². The number of benzene rings is 1. The van der Waals surface area contributed by atoms with Crippen LogP contribution >= 0.6 is 0 Å². The van der Waals surface area contributed by atoms with Gasteiger partial charge in [0.15, 0.2) is 0 Å². The number of carbonyl (C=O) groups excluding carboxylic acids is 1. The number of likely N-dealkylation sites (tertiary alicyclic amines) is 1. The van der Waals surface area contributed by atoms with E-state index in [2.05, 4.69) is 41.0 Å². The van der Waals surface area contributed by atoms with E-state index in [0.29, 0.717) is 6.42 Å². The molecule has 1 fully saturated rings. The number of aromatic nitrogens is 2. The van der Waals surface area contributed by atoms with Gasteiger partial charge in [0.05, 0.1) is 11.1 Å². The molecule has 0 spiro atoms. The van der Waals surface area contributed by atoms with Crippen molar-refractivity contribution in [3.8, 4) is 0 Å². The zero-order valence-electron chi connectivity index (χ0n) is 15.9. The van der Waals surface area contributed by atoms with Crippen LogP contribution in [0.3, 0.4) is 0 Å². The maximum atomic E-state index is 13.6. The fourth-order valence-corrected chi connectivity index (χ4v) is 3.80. The van der Waals surface area contributed by atoms with Gasteiger partial charge in [-0.25, -0.2) is 0 Å². The van der Waals surface area contributed by atoms with Crippen molar-refractivity contribution in [2.75, 3.05) is 27.2 Å². The molecular weight excluding hydrogens is 324 g/mol. The summed E-state index contributed by atoms with van der Waals surface area (Å²) in [5.74, 6) is 0.216. The van der Waals surface area contributed by atoms with Crippen molar-refractivity contribution in [1.29, 1.82) is 0 Å². The van der Waals surface area contributed by atoms with Crippen molar-refractivity contribution < 1.29 is 4.79 Å². The van der Waals surface area contributed by atoms with Crippen LogP contribution in [0.5, 0.6) is 0 Å². The molecule has 1 atom stereocenters. The van der Waals surface area contributed by atoms with E-state index in [1.165, 1.54) is 0 Å². The lowest BCUT2D eigenvalue weighted by atomic mass is 9.71. The van der Waals surface area contributed by atoms with Gasteiger partial charge >= 0.3 is 0 Å². The van der Waals surface area contributed by atoms with Crippen molar-refractivity contribution in [2.45, 2.75) is 37.6 Å². The third-order valence-corrected chi connectivity index (χ3v) is 5.68. The highest BCUT2D eigenvalue weighted by Gasteiger charge is 2.44. The van der Waals surface area contributed by atoms with E-state index < -0.39 is 5.41 Å². The Morgan fingerprint density at radius 1 is 1.23 bits per heavy atom. The molecule has 1 aliphatic heterocycles. The topological polar surface area (TPSA) is 49.3 Å². The average Bonchev–Trinajstić information content (AvgIpc) is 2.69. The van der Waals surface area contributed by atoms with Crippen LogP contribution in [-0.4, -0.2) is 58.9 Å². The summed E-state index contributed by atoms with van der Waals surface area (Å²) in [5, 5.41) is 0. The smallest absolute Gasteiger partial charge is 0.233 e. The van der Waals surface area contributed by atoms with Crippen LogP contribution in [0.4, 0.5) is 0 Å². The fourth-order valence-electron chi connectivity index (χ4n) is 3.80. The van der Waals surface area contributed by atoms with E-state index in [4.69, 9.17) is 0 Å². The SMILES string of the molecule is C[C@@H](Cc1cnccn1)N(C)C(=O)C1(c2ccccc2)CCN(C)CC1. The quantitative estimate of drug-likeness (QED) is 0.830. The number of likely N-dealkylation sites (N-methyl/N-ethyl adjacent to an activating group) is 1. The number of nitrogens with zero attached hydrogens (tertiary/aromatic N) is 4. The maximum Gasteiger partial charge on any atom is 0.233 e. The lowest BCUT2D eigenvalue weighted by molar-refractivity contribution is -0.140. The van der Waals surface area contributed by atoms with Crippen LogP contribution in [0.2, 0.25) is 0 Å². The Kier molecular flexibility index (Phi) is 5.67. The molecule has 2 aromatic rings. The third kappa shape index (κ3) is 3.78. The van der Waals surface area contributed by atoms with Gasteiger partial charge in [0, 0.05) is 38.1 Å². The Morgan fingerprint density at radius 2 is 1.92 bits per heavy atom. The van der Waals surface area contributed by atoms with Crippen LogP contribution in [0, 0.1) is 0 Å². The molecule has 0 bridgehead atoms. The molecule has 1 aromatic heterocycles. The van der Waals surface area contributed by atoms with Gasteiger partial charge in [0.25, 0.3) is 0 Å². The second-order valence-electron chi connectivity index (χ2n) is 7.42. The molecule has 0 N–H and O–H groups in total. The Hall–Kier alpha value is -2.27. The monoisotopic (exact) mass is 352 g/mol. The summed E-state index contributed by atoms with van der Waals surface area (Å²) in [6.07, 6.45) is 7.57. The standard InChI is InChI=1S/C21H28N4O/c1-17(15-19-16-22-11-12-23-19)25(3)20(26)21(9-13-24(2)14-10-21)18-7-5-4-6-8-18/h4-8,11-12,16-17H,9-10,13-15H2,1-3H3/t17-/m0/s1. The van der Waals surface area contributed by atoms with Gasteiger partial charge in [-0.15, -0.1) is 0 Å². The summed E-state index contributed by atoms with van der Waals surface area (Å²) in [5.41, 5.74) is 1.62. The van der Waals surface area contributed by atoms with E-state index in [1.807, 2.05) is 30.1 Å². The number of hydrogen-bond donors (Lipinski definition) is 0. The number of carbonyl (C=O) groups is 1. The van der Waals surface area contributed by atoms with Gasteiger partial charge < -0.3 is 9.80 Å². The zero-order chi connectivity index (χ0) is 18.6. The first-order valence-corrected chi connectivity index (χ1v) is 9.29. The molecule has 138 valence electrons. The van der Waals surface area contributed by atoms with E-state index in [-0.39, 0.29) is 11.9 Å². The van der Waals surface area contributed by atoms with Crippen LogP contribution in [-0.2, 0) is 16.6 Å². The van der Waals surface area contributed by atoms with Gasteiger partial charge in [-0.05, 0) is 45.5 Å². The van der Waals surface area contributed by atoms with Crippen molar-refractivity contribution in [3.63, 3.8) is 0 Å². The van der Waals surface area contributed by atoms with Crippen molar-refractivity contribution in [3.05, 3.63) is 60.2 Å². The number of rotatable bonds is 5.